The summed E-state index contributed by atoms with van der Waals surface area (Å²) >= 11 is 3.23. The summed E-state index contributed by atoms with van der Waals surface area (Å²) in [4.78, 5) is 17.4. The molecule has 0 bridgehead atoms. The summed E-state index contributed by atoms with van der Waals surface area (Å²) in [6.07, 6.45) is 0. The number of halogens is 1. The van der Waals surface area contributed by atoms with E-state index in [0.717, 1.165) is 0 Å². The molecular weight excluding hydrogens is 340 g/mol. The van der Waals surface area contributed by atoms with Crippen molar-refractivity contribution in [3.05, 3.63) is 22.2 Å². The Morgan fingerprint density at radius 2 is 2.14 bits per heavy atom. The molecule has 0 aliphatic heterocycles. The van der Waals surface area contributed by atoms with Crippen molar-refractivity contribution < 1.29 is 20.0 Å². The monoisotopic (exact) mass is 357 g/mol. The molecule has 0 unspecified atom stereocenters. The first-order valence-corrected chi connectivity index (χ1v) is 6.91. The number of hydrogen-bond donors (Lipinski definition) is 3. The highest BCUT2D eigenvalue weighted by atomic mass is 79.9. The van der Waals surface area contributed by atoms with Crippen LogP contribution in [0.1, 0.15) is 17.3 Å². The van der Waals surface area contributed by atoms with Gasteiger partial charge in [-0.3, -0.25) is 4.79 Å². The molecule has 7 nitrogen and oxygen atoms in total. The van der Waals surface area contributed by atoms with Crippen molar-refractivity contribution in [2.45, 2.75) is 6.92 Å². The predicted octanol–water partition coefficient (Wildman–Crippen LogP) is 0.0393. The number of nitrogens with two attached hydrogens (primary N) is 2. The molecule has 5 N–H and O–H groups in total. The summed E-state index contributed by atoms with van der Waals surface area (Å²) in [6.45, 7) is 2.10. The van der Waals surface area contributed by atoms with Gasteiger partial charge in [-0.2, -0.15) is 0 Å². The first-order valence-electron chi connectivity index (χ1n) is 6.12. The standard InChI is InChI=1S/C13H17BrN4O3/c1-4-21-12(16)11(15)17-8-6-5-7(14)9(10(8)19)13(20)18(2)3/h5-6,16,19H,4H2,1-3H3,(H2,15,17)/p+1. The van der Waals surface area contributed by atoms with Gasteiger partial charge in [-0.1, -0.05) is 0 Å². The molecule has 21 heavy (non-hydrogen) atoms. The molecule has 0 atom stereocenters. The van der Waals surface area contributed by atoms with Gasteiger partial charge in [0.15, 0.2) is 5.75 Å². The minimum absolute atomic E-state index is 0.0414. The first-order chi connectivity index (χ1) is 9.79. The van der Waals surface area contributed by atoms with Crippen LogP contribution in [0.3, 0.4) is 0 Å². The van der Waals surface area contributed by atoms with Crippen LogP contribution in [-0.2, 0) is 4.74 Å². The lowest BCUT2D eigenvalue weighted by atomic mass is 10.1. The molecule has 0 heterocycles. The van der Waals surface area contributed by atoms with E-state index in [-0.39, 0.29) is 34.6 Å². The van der Waals surface area contributed by atoms with Gasteiger partial charge in [0.2, 0.25) is 5.84 Å². The average Bonchev–Trinajstić information content (AvgIpc) is 2.41. The number of nitrogens with zero attached hydrogens (tertiary/aromatic N) is 2. The molecule has 1 rings (SSSR count). The van der Waals surface area contributed by atoms with Crippen molar-refractivity contribution in [3.8, 4) is 5.75 Å². The highest BCUT2D eigenvalue weighted by Crippen LogP contribution is 2.35. The number of carbonyl (C=O) groups is 1. The number of phenolic OH excluding ortho intramolecular Hbond substituents is 1. The lowest BCUT2D eigenvalue weighted by Gasteiger charge is -2.14. The predicted molar refractivity (Wildman–Crippen MR) is 83.7 cm³/mol. The van der Waals surface area contributed by atoms with E-state index in [2.05, 4.69) is 20.9 Å². The second kappa shape index (κ2) is 7.07. The van der Waals surface area contributed by atoms with E-state index in [1.807, 2.05) is 0 Å². The van der Waals surface area contributed by atoms with Crippen molar-refractivity contribution in [1.29, 1.82) is 0 Å². The molecule has 0 aliphatic rings. The van der Waals surface area contributed by atoms with Crippen LogP contribution in [0.15, 0.2) is 21.6 Å². The number of rotatable bonds is 3. The molecule has 114 valence electrons. The number of hydrogen-bond acceptors (Lipinski definition) is 4. The fourth-order valence-electron chi connectivity index (χ4n) is 1.49. The highest BCUT2D eigenvalue weighted by molar-refractivity contribution is 9.10. The Balaban J connectivity index is 3.29. The van der Waals surface area contributed by atoms with Gasteiger partial charge >= 0.3 is 5.90 Å². The van der Waals surface area contributed by atoms with Gasteiger partial charge < -0.3 is 20.5 Å². The van der Waals surface area contributed by atoms with Crippen LogP contribution in [0.2, 0.25) is 0 Å². The van der Waals surface area contributed by atoms with E-state index < -0.39 is 0 Å². The zero-order valence-electron chi connectivity index (χ0n) is 12.1. The van der Waals surface area contributed by atoms with Crippen LogP contribution in [0, 0.1) is 0 Å². The van der Waals surface area contributed by atoms with E-state index >= 15 is 0 Å². The Kier molecular flexibility index (Phi) is 5.71. The maximum absolute atomic E-state index is 12.1. The minimum Gasteiger partial charge on any atom is -0.505 e. The summed E-state index contributed by atoms with van der Waals surface area (Å²) in [6, 6.07) is 3.11. The van der Waals surface area contributed by atoms with E-state index in [4.69, 9.17) is 15.9 Å². The van der Waals surface area contributed by atoms with Gasteiger partial charge in [0.1, 0.15) is 5.69 Å². The smallest absolute Gasteiger partial charge is 0.402 e. The lowest BCUT2D eigenvalue weighted by Crippen LogP contribution is -2.49. The van der Waals surface area contributed by atoms with E-state index in [0.29, 0.717) is 11.1 Å². The van der Waals surface area contributed by atoms with Crippen molar-refractivity contribution in [2.24, 2.45) is 10.7 Å². The Morgan fingerprint density at radius 1 is 1.52 bits per heavy atom. The van der Waals surface area contributed by atoms with Crippen LogP contribution in [0.5, 0.6) is 5.75 Å². The zero-order chi connectivity index (χ0) is 16.2. The Morgan fingerprint density at radius 3 is 2.67 bits per heavy atom. The molecule has 0 fully saturated rings. The summed E-state index contributed by atoms with van der Waals surface area (Å²) in [5.41, 5.74) is 5.90. The molecule has 1 aromatic carbocycles. The largest absolute Gasteiger partial charge is 0.505 e. The van der Waals surface area contributed by atoms with E-state index in [9.17, 15) is 9.90 Å². The van der Waals surface area contributed by atoms with Crippen LogP contribution in [0.4, 0.5) is 5.69 Å². The second-order valence-electron chi connectivity index (χ2n) is 4.28. The number of aromatic hydroxyl groups is 1. The van der Waals surface area contributed by atoms with Gasteiger partial charge in [0.25, 0.3) is 5.91 Å². The number of aliphatic imine (C=N–C) groups is 1. The minimum atomic E-state index is -0.364. The second-order valence-corrected chi connectivity index (χ2v) is 5.14. The maximum atomic E-state index is 12.1. The Bertz CT molecular complexity index is 599. The normalized spacial score (nSPS) is 11.1. The van der Waals surface area contributed by atoms with Crippen molar-refractivity contribution >= 4 is 39.3 Å². The summed E-state index contributed by atoms with van der Waals surface area (Å²) < 4.78 is 5.48. The molecule has 1 amide bonds. The van der Waals surface area contributed by atoms with Crippen LogP contribution >= 0.6 is 15.9 Å². The summed E-state index contributed by atoms with van der Waals surface area (Å²) in [5.74, 6) is -0.759. The number of phenols is 1. The molecule has 0 saturated carbocycles. The van der Waals surface area contributed by atoms with Gasteiger partial charge in [-0.15, -0.1) is 0 Å². The topological polar surface area (TPSA) is 114 Å². The number of amidine groups is 1. The van der Waals surface area contributed by atoms with Crippen molar-refractivity contribution in [3.63, 3.8) is 0 Å². The quantitative estimate of drug-likeness (QED) is 0.523. The maximum Gasteiger partial charge on any atom is 0.402 e. The summed E-state index contributed by atoms with van der Waals surface area (Å²) in [7, 11) is 3.17. The highest BCUT2D eigenvalue weighted by Gasteiger charge is 2.21. The van der Waals surface area contributed by atoms with Crippen LogP contribution < -0.4 is 11.1 Å². The molecule has 0 radical (unpaired) electrons. The van der Waals surface area contributed by atoms with Gasteiger partial charge in [-0.25, -0.2) is 10.4 Å². The van der Waals surface area contributed by atoms with Crippen LogP contribution in [0.25, 0.3) is 0 Å². The molecular formula is C13H18BrN4O3+. The zero-order valence-corrected chi connectivity index (χ0v) is 13.6. The number of amides is 1. The Hall–Kier alpha value is -2.09. The molecule has 0 spiro atoms. The lowest BCUT2D eigenvalue weighted by molar-refractivity contribution is -0.135. The van der Waals surface area contributed by atoms with Crippen molar-refractivity contribution in [2.75, 3.05) is 20.7 Å². The van der Waals surface area contributed by atoms with Gasteiger partial charge in [0.05, 0.1) is 12.2 Å². The van der Waals surface area contributed by atoms with Crippen LogP contribution in [-0.4, -0.2) is 48.3 Å². The number of carbonyl (C=O) groups excluding carboxylic acids is 1. The fraction of sp³-hybridized carbons (Fsp3) is 0.308. The third kappa shape index (κ3) is 3.94. The Labute approximate surface area is 131 Å². The van der Waals surface area contributed by atoms with Gasteiger partial charge in [-0.05, 0) is 35.0 Å². The molecule has 0 aliphatic carbocycles. The number of ether oxygens (including phenoxy) is 1. The number of benzene rings is 1. The van der Waals surface area contributed by atoms with Gasteiger partial charge in [0, 0.05) is 18.6 Å². The average molecular weight is 358 g/mol. The molecule has 1 aromatic rings. The van der Waals surface area contributed by atoms with E-state index in [1.165, 1.54) is 11.0 Å². The molecule has 0 aromatic heterocycles. The fourth-order valence-corrected chi connectivity index (χ4v) is 1.98. The third-order valence-corrected chi connectivity index (χ3v) is 3.18. The molecule has 8 heteroatoms. The first kappa shape index (κ1) is 17.0. The molecule has 0 saturated heterocycles. The van der Waals surface area contributed by atoms with E-state index in [1.54, 1.807) is 27.1 Å². The summed E-state index contributed by atoms with van der Waals surface area (Å²) in [5, 5.41) is 15.8. The SMILES string of the molecule is CCOC(=[NH2+])C(N)=Nc1ccc(Br)c(C(=O)N(C)C)c1O. The van der Waals surface area contributed by atoms with Crippen molar-refractivity contribution in [1.82, 2.24) is 4.90 Å². The third-order valence-electron chi connectivity index (χ3n) is 2.52.